The van der Waals surface area contributed by atoms with Gasteiger partial charge < -0.3 is 9.30 Å². The van der Waals surface area contributed by atoms with Crippen LogP contribution in [0, 0.1) is 5.92 Å². The van der Waals surface area contributed by atoms with Crippen molar-refractivity contribution < 1.29 is 4.74 Å². The molecule has 0 radical (unpaired) electrons. The number of rotatable bonds is 5. The minimum atomic E-state index is 0.601. The molecule has 0 amide bonds. The number of hydrogen-bond acceptors (Lipinski definition) is 4. The first-order valence-electron chi connectivity index (χ1n) is 7.84. The Labute approximate surface area is 125 Å². The molecule has 114 valence electrons. The minimum Gasteiger partial charge on any atom is -0.379 e. The molecule has 1 saturated heterocycles. The highest BCUT2D eigenvalue weighted by molar-refractivity contribution is 5.71. The third kappa shape index (κ3) is 3.41. The average molecular weight is 288 g/mol. The van der Waals surface area contributed by atoms with Crippen molar-refractivity contribution in [2.24, 2.45) is 5.92 Å². The standard InChI is InChI=1S/C16H24N4O/c1-13(2)12-15-18-14-4-3-5-17-16(14)20(15)7-6-19-8-10-21-11-9-19/h3-5,13H,6-12H2,1-2H3. The summed E-state index contributed by atoms with van der Waals surface area (Å²) in [5, 5.41) is 0. The molecule has 1 fully saturated rings. The van der Waals surface area contributed by atoms with Crippen molar-refractivity contribution in [2.45, 2.75) is 26.8 Å². The van der Waals surface area contributed by atoms with Crippen LogP contribution in [0.4, 0.5) is 0 Å². The van der Waals surface area contributed by atoms with Gasteiger partial charge in [-0.15, -0.1) is 0 Å². The zero-order chi connectivity index (χ0) is 14.7. The van der Waals surface area contributed by atoms with E-state index in [0.29, 0.717) is 5.92 Å². The van der Waals surface area contributed by atoms with Crippen molar-refractivity contribution in [1.29, 1.82) is 0 Å². The summed E-state index contributed by atoms with van der Waals surface area (Å²) in [5.74, 6) is 1.76. The van der Waals surface area contributed by atoms with Gasteiger partial charge in [0.05, 0.1) is 13.2 Å². The third-order valence-corrected chi connectivity index (χ3v) is 3.92. The van der Waals surface area contributed by atoms with Gasteiger partial charge in [0, 0.05) is 38.8 Å². The maximum absolute atomic E-state index is 5.41. The van der Waals surface area contributed by atoms with Gasteiger partial charge in [-0.3, -0.25) is 4.90 Å². The summed E-state index contributed by atoms with van der Waals surface area (Å²) in [4.78, 5) is 11.8. The van der Waals surface area contributed by atoms with E-state index < -0.39 is 0 Å². The number of nitrogens with zero attached hydrogens (tertiary/aromatic N) is 4. The number of fused-ring (bicyclic) bond motifs is 1. The molecule has 5 nitrogen and oxygen atoms in total. The number of pyridine rings is 1. The molecular formula is C16H24N4O. The monoisotopic (exact) mass is 288 g/mol. The van der Waals surface area contributed by atoms with Crippen LogP contribution in [-0.2, 0) is 17.7 Å². The minimum absolute atomic E-state index is 0.601. The lowest BCUT2D eigenvalue weighted by Crippen LogP contribution is -2.38. The highest BCUT2D eigenvalue weighted by Crippen LogP contribution is 2.16. The fraction of sp³-hybridized carbons (Fsp3) is 0.625. The molecule has 1 aliphatic heterocycles. The van der Waals surface area contributed by atoms with Crippen molar-refractivity contribution >= 4 is 11.2 Å². The second-order valence-electron chi connectivity index (χ2n) is 6.08. The predicted octanol–water partition coefficient (Wildman–Crippen LogP) is 1.96. The molecule has 2 aromatic rings. The fourth-order valence-electron chi connectivity index (χ4n) is 2.83. The van der Waals surface area contributed by atoms with Gasteiger partial charge in [-0.2, -0.15) is 0 Å². The average Bonchev–Trinajstić information content (AvgIpc) is 2.82. The summed E-state index contributed by atoms with van der Waals surface area (Å²) >= 11 is 0. The Kier molecular flexibility index (Phi) is 4.51. The van der Waals surface area contributed by atoms with Gasteiger partial charge in [-0.05, 0) is 18.1 Å². The van der Waals surface area contributed by atoms with Gasteiger partial charge in [0.15, 0.2) is 5.65 Å². The Morgan fingerprint density at radius 1 is 1.24 bits per heavy atom. The van der Waals surface area contributed by atoms with E-state index in [0.717, 1.165) is 62.8 Å². The van der Waals surface area contributed by atoms with Crippen LogP contribution in [0.25, 0.3) is 11.2 Å². The summed E-state index contributed by atoms with van der Waals surface area (Å²) < 4.78 is 7.71. The summed E-state index contributed by atoms with van der Waals surface area (Å²) in [6.07, 6.45) is 2.86. The van der Waals surface area contributed by atoms with Crippen LogP contribution >= 0.6 is 0 Å². The molecule has 0 aromatic carbocycles. The first-order chi connectivity index (χ1) is 10.2. The highest BCUT2D eigenvalue weighted by atomic mass is 16.5. The largest absolute Gasteiger partial charge is 0.379 e. The molecule has 0 spiro atoms. The Hall–Kier alpha value is -1.46. The van der Waals surface area contributed by atoms with E-state index in [4.69, 9.17) is 9.72 Å². The van der Waals surface area contributed by atoms with E-state index in [-0.39, 0.29) is 0 Å². The normalized spacial score (nSPS) is 16.9. The second-order valence-corrected chi connectivity index (χ2v) is 6.08. The lowest BCUT2D eigenvalue weighted by atomic mass is 10.1. The van der Waals surface area contributed by atoms with E-state index in [1.165, 1.54) is 0 Å². The van der Waals surface area contributed by atoms with Crippen molar-refractivity contribution in [3.63, 3.8) is 0 Å². The molecule has 3 heterocycles. The van der Waals surface area contributed by atoms with Crippen LogP contribution in [0.2, 0.25) is 0 Å². The molecule has 1 aliphatic rings. The molecule has 3 rings (SSSR count). The molecular weight excluding hydrogens is 264 g/mol. The van der Waals surface area contributed by atoms with Crippen molar-refractivity contribution in [3.8, 4) is 0 Å². The molecule has 5 heteroatoms. The summed E-state index contributed by atoms with van der Waals surface area (Å²) in [7, 11) is 0. The summed E-state index contributed by atoms with van der Waals surface area (Å²) in [5.41, 5.74) is 2.02. The maximum Gasteiger partial charge on any atom is 0.160 e. The SMILES string of the molecule is CC(C)Cc1nc2cccnc2n1CCN1CCOCC1. The molecule has 0 unspecified atom stereocenters. The first kappa shape index (κ1) is 14.5. The van der Waals surface area contributed by atoms with Crippen molar-refractivity contribution in [2.75, 3.05) is 32.8 Å². The van der Waals surface area contributed by atoms with E-state index in [2.05, 4.69) is 34.4 Å². The zero-order valence-corrected chi connectivity index (χ0v) is 13.0. The molecule has 2 aromatic heterocycles. The number of aromatic nitrogens is 3. The quantitative estimate of drug-likeness (QED) is 0.843. The van der Waals surface area contributed by atoms with E-state index in [9.17, 15) is 0 Å². The number of ether oxygens (including phenoxy) is 1. The smallest absolute Gasteiger partial charge is 0.160 e. The summed E-state index contributed by atoms with van der Waals surface area (Å²) in [6.45, 7) is 10.2. The fourth-order valence-corrected chi connectivity index (χ4v) is 2.83. The zero-order valence-electron chi connectivity index (χ0n) is 13.0. The molecule has 21 heavy (non-hydrogen) atoms. The van der Waals surface area contributed by atoms with Crippen LogP contribution in [0.3, 0.4) is 0 Å². The number of imidazole rings is 1. The van der Waals surface area contributed by atoms with E-state index in [1.54, 1.807) is 0 Å². The van der Waals surface area contributed by atoms with Crippen molar-refractivity contribution in [1.82, 2.24) is 19.4 Å². The van der Waals surface area contributed by atoms with Gasteiger partial charge in [0.1, 0.15) is 11.3 Å². The highest BCUT2D eigenvalue weighted by Gasteiger charge is 2.15. The Balaban J connectivity index is 1.80. The number of morpholine rings is 1. The van der Waals surface area contributed by atoms with Crippen LogP contribution in [0.1, 0.15) is 19.7 Å². The maximum atomic E-state index is 5.41. The van der Waals surface area contributed by atoms with Gasteiger partial charge in [0.25, 0.3) is 0 Å². The van der Waals surface area contributed by atoms with E-state index >= 15 is 0 Å². The van der Waals surface area contributed by atoms with Crippen LogP contribution < -0.4 is 0 Å². The van der Waals surface area contributed by atoms with Gasteiger partial charge in [-0.25, -0.2) is 9.97 Å². The van der Waals surface area contributed by atoms with Crippen LogP contribution in [0.5, 0.6) is 0 Å². The third-order valence-electron chi connectivity index (χ3n) is 3.92. The Bertz CT molecular complexity index is 587. The van der Waals surface area contributed by atoms with E-state index in [1.807, 2.05) is 12.3 Å². The first-order valence-corrected chi connectivity index (χ1v) is 7.84. The summed E-state index contributed by atoms with van der Waals surface area (Å²) in [6, 6.07) is 4.01. The van der Waals surface area contributed by atoms with Crippen LogP contribution in [-0.4, -0.2) is 52.3 Å². The van der Waals surface area contributed by atoms with Gasteiger partial charge in [-0.1, -0.05) is 13.8 Å². The molecule has 0 aliphatic carbocycles. The second kappa shape index (κ2) is 6.54. The lowest BCUT2D eigenvalue weighted by molar-refractivity contribution is 0.0364. The molecule has 0 N–H and O–H groups in total. The van der Waals surface area contributed by atoms with Crippen molar-refractivity contribution in [3.05, 3.63) is 24.2 Å². The lowest BCUT2D eigenvalue weighted by Gasteiger charge is -2.26. The Morgan fingerprint density at radius 2 is 2.05 bits per heavy atom. The topological polar surface area (TPSA) is 43.2 Å². The molecule has 0 atom stereocenters. The molecule has 0 saturated carbocycles. The Morgan fingerprint density at radius 3 is 2.81 bits per heavy atom. The molecule has 0 bridgehead atoms. The van der Waals surface area contributed by atoms with Gasteiger partial charge >= 0.3 is 0 Å². The van der Waals surface area contributed by atoms with Crippen LogP contribution in [0.15, 0.2) is 18.3 Å². The number of hydrogen-bond donors (Lipinski definition) is 0. The predicted molar refractivity (Wildman–Crippen MR) is 83.3 cm³/mol. The van der Waals surface area contributed by atoms with Gasteiger partial charge in [0.2, 0.25) is 0 Å².